The molecule has 0 aliphatic carbocycles. The first-order valence-corrected chi connectivity index (χ1v) is 8.64. The van der Waals surface area contributed by atoms with E-state index in [2.05, 4.69) is 15.3 Å². The summed E-state index contributed by atoms with van der Waals surface area (Å²) in [4.78, 5) is 20.8. The molecule has 0 radical (unpaired) electrons. The molecule has 22 heavy (non-hydrogen) atoms. The summed E-state index contributed by atoms with van der Waals surface area (Å²) in [6.45, 7) is 1.85. The minimum atomic E-state index is -0.266. The smallest absolute Gasteiger partial charge is 0.238 e. The molecule has 112 valence electrons. The number of anilines is 1. The summed E-state index contributed by atoms with van der Waals surface area (Å²) in [7, 11) is 0. The van der Waals surface area contributed by atoms with Gasteiger partial charge in [0.15, 0.2) is 4.34 Å². The van der Waals surface area contributed by atoms with Gasteiger partial charge >= 0.3 is 0 Å². The highest BCUT2D eigenvalue weighted by Crippen LogP contribution is 2.32. The highest BCUT2D eigenvalue weighted by Gasteiger charge is 2.17. The number of carbonyl (C=O) groups is 1. The minimum Gasteiger partial charge on any atom is -0.310 e. The number of carbonyl (C=O) groups excluding carboxylic acids is 1. The van der Waals surface area contributed by atoms with Gasteiger partial charge in [-0.15, -0.1) is 11.3 Å². The molecule has 0 aliphatic heterocycles. The molecule has 2 aromatic heterocycles. The Hall–Kier alpha value is -1.63. The summed E-state index contributed by atoms with van der Waals surface area (Å²) in [5.41, 5.74) is 0.960. The van der Waals surface area contributed by atoms with E-state index in [1.54, 1.807) is 23.5 Å². The molecule has 1 amide bonds. The number of aromatic nitrogens is 2. The number of nitrogens with one attached hydrogen (secondary N) is 1. The van der Waals surface area contributed by atoms with Crippen molar-refractivity contribution in [3.05, 3.63) is 47.6 Å². The van der Waals surface area contributed by atoms with Gasteiger partial charge in [-0.2, -0.15) is 0 Å². The average molecular weight is 350 g/mol. The Bertz CT molecular complexity index is 771. The van der Waals surface area contributed by atoms with E-state index in [4.69, 9.17) is 11.6 Å². The maximum atomic E-state index is 12.2. The normalized spacial score (nSPS) is 12.3. The number of para-hydroxylation sites is 1. The highest BCUT2D eigenvalue weighted by molar-refractivity contribution is 8.02. The lowest BCUT2D eigenvalue weighted by atomic mass is 10.3. The molecule has 0 saturated heterocycles. The Kier molecular flexibility index (Phi) is 4.61. The van der Waals surface area contributed by atoms with Gasteiger partial charge in [0.05, 0.1) is 20.5 Å². The molecule has 3 aromatic rings. The standard InChI is InChI=1S/C15H12ClN3OS2/c1-9(14(20)19-13-7-6-10(16)8-17-13)21-15-18-11-4-2-3-5-12(11)22-15/h2-9H,1H3,(H,17,19,20)/t9-/m1/s1. The summed E-state index contributed by atoms with van der Waals surface area (Å²) in [5, 5.41) is 3.04. The van der Waals surface area contributed by atoms with Crippen LogP contribution in [0.3, 0.4) is 0 Å². The van der Waals surface area contributed by atoms with Crippen LogP contribution in [0.25, 0.3) is 10.2 Å². The van der Waals surface area contributed by atoms with Crippen LogP contribution in [0.1, 0.15) is 6.92 Å². The molecule has 0 unspecified atom stereocenters. The van der Waals surface area contributed by atoms with Gasteiger partial charge in [-0.3, -0.25) is 4.79 Å². The fourth-order valence-electron chi connectivity index (χ4n) is 1.78. The number of pyridine rings is 1. The van der Waals surface area contributed by atoms with Gasteiger partial charge < -0.3 is 5.32 Å². The van der Waals surface area contributed by atoms with Gasteiger partial charge in [-0.25, -0.2) is 9.97 Å². The number of thiazole rings is 1. The molecule has 3 rings (SSSR count). The van der Waals surface area contributed by atoms with Crippen molar-refractivity contribution >= 4 is 56.6 Å². The molecule has 1 N–H and O–H groups in total. The van der Waals surface area contributed by atoms with Crippen LogP contribution in [0.4, 0.5) is 5.82 Å². The summed E-state index contributed by atoms with van der Waals surface area (Å²) in [5.74, 6) is 0.380. The number of thioether (sulfide) groups is 1. The lowest BCUT2D eigenvalue weighted by molar-refractivity contribution is -0.115. The Morgan fingerprint density at radius 2 is 2.14 bits per heavy atom. The first-order chi connectivity index (χ1) is 10.6. The fourth-order valence-corrected chi connectivity index (χ4v) is 4.11. The summed E-state index contributed by atoms with van der Waals surface area (Å²) in [6.07, 6.45) is 1.50. The fraction of sp³-hybridized carbons (Fsp3) is 0.133. The summed E-state index contributed by atoms with van der Waals surface area (Å²) in [6, 6.07) is 11.3. The molecule has 7 heteroatoms. The zero-order valence-corrected chi connectivity index (χ0v) is 14.0. The number of fused-ring (bicyclic) bond motifs is 1. The Morgan fingerprint density at radius 1 is 1.32 bits per heavy atom. The predicted molar refractivity (Wildman–Crippen MR) is 92.8 cm³/mol. The molecule has 4 nitrogen and oxygen atoms in total. The van der Waals surface area contributed by atoms with Gasteiger partial charge in [-0.1, -0.05) is 35.5 Å². The van der Waals surface area contributed by atoms with Crippen LogP contribution in [0.5, 0.6) is 0 Å². The molecule has 2 heterocycles. The number of rotatable bonds is 4. The summed E-state index contributed by atoms with van der Waals surface area (Å²) < 4.78 is 2.00. The molecular formula is C15H12ClN3OS2. The molecular weight excluding hydrogens is 338 g/mol. The molecule has 1 aromatic carbocycles. The minimum absolute atomic E-state index is 0.112. The van der Waals surface area contributed by atoms with E-state index in [1.165, 1.54) is 18.0 Å². The Labute approximate surface area is 140 Å². The maximum Gasteiger partial charge on any atom is 0.238 e. The number of hydrogen-bond donors (Lipinski definition) is 1. The third-order valence-corrected chi connectivity index (χ3v) is 5.35. The van der Waals surface area contributed by atoms with Crippen molar-refractivity contribution in [1.82, 2.24) is 9.97 Å². The van der Waals surface area contributed by atoms with Gasteiger partial charge in [-0.05, 0) is 31.2 Å². The largest absolute Gasteiger partial charge is 0.310 e. The van der Waals surface area contributed by atoms with Gasteiger partial charge in [0.25, 0.3) is 0 Å². The van der Waals surface area contributed by atoms with E-state index < -0.39 is 0 Å². The first-order valence-electron chi connectivity index (χ1n) is 6.56. The van der Waals surface area contributed by atoms with Crippen LogP contribution >= 0.6 is 34.7 Å². The number of benzene rings is 1. The van der Waals surface area contributed by atoms with Crippen molar-refractivity contribution in [3.63, 3.8) is 0 Å². The second-order valence-corrected chi connectivity index (χ2v) is 7.61. The van der Waals surface area contributed by atoms with Crippen molar-refractivity contribution in [3.8, 4) is 0 Å². The second-order valence-electron chi connectivity index (χ2n) is 4.56. The van der Waals surface area contributed by atoms with Gasteiger partial charge in [0.1, 0.15) is 5.82 Å². The van der Waals surface area contributed by atoms with E-state index in [0.717, 1.165) is 14.6 Å². The third-order valence-electron chi connectivity index (χ3n) is 2.90. The van der Waals surface area contributed by atoms with E-state index in [-0.39, 0.29) is 11.2 Å². The van der Waals surface area contributed by atoms with Crippen molar-refractivity contribution in [2.75, 3.05) is 5.32 Å². The molecule has 0 spiro atoms. The van der Waals surface area contributed by atoms with E-state index in [0.29, 0.717) is 10.8 Å². The molecule has 1 atom stereocenters. The van der Waals surface area contributed by atoms with Crippen molar-refractivity contribution < 1.29 is 4.79 Å². The van der Waals surface area contributed by atoms with E-state index in [1.807, 2.05) is 31.2 Å². The first kappa shape index (κ1) is 15.3. The Morgan fingerprint density at radius 3 is 2.86 bits per heavy atom. The van der Waals surface area contributed by atoms with Crippen LogP contribution in [-0.4, -0.2) is 21.1 Å². The SMILES string of the molecule is C[C@@H](Sc1nc2ccccc2s1)C(=O)Nc1ccc(Cl)cn1. The van der Waals surface area contributed by atoms with Crippen molar-refractivity contribution in [2.24, 2.45) is 0 Å². The van der Waals surface area contributed by atoms with Gasteiger partial charge in [0.2, 0.25) is 5.91 Å². The third kappa shape index (κ3) is 3.58. The zero-order valence-electron chi connectivity index (χ0n) is 11.6. The lowest BCUT2D eigenvalue weighted by Gasteiger charge is -2.09. The van der Waals surface area contributed by atoms with Gasteiger partial charge in [0, 0.05) is 6.20 Å². The monoisotopic (exact) mass is 349 g/mol. The van der Waals surface area contributed by atoms with Crippen LogP contribution in [0.2, 0.25) is 5.02 Å². The highest BCUT2D eigenvalue weighted by atomic mass is 35.5. The number of amides is 1. The second kappa shape index (κ2) is 6.64. The number of nitrogens with zero attached hydrogens (tertiary/aromatic N) is 2. The summed E-state index contributed by atoms with van der Waals surface area (Å²) >= 11 is 8.80. The Balaban J connectivity index is 1.66. The number of halogens is 1. The number of hydrogen-bond acceptors (Lipinski definition) is 5. The van der Waals surface area contributed by atoms with Crippen molar-refractivity contribution in [1.29, 1.82) is 0 Å². The maximum absolute atomic E-state index is 12.2. The zero-order chi connectivity index (χ0) is 15.5. The van der Waals surface area contributed by atoms with E-state index >= 15 is 0 Å². The molecule has 0 bridgehead atoms. The molecule has 0 fully saturated rings. The van der Waals surface area contributed by atoms with E-state index in [9.17, 15) is 4.79 Å². The predicted octanol–water partition coefficient (Wildman–Crippen LogP) is 4.46. The van der Waals surface area contributed by atoms with Crippen molar-refractivity contribution in [2.45, 2.75) is 16.5 Å². The molecule has 0 aliphatic rings. The average Bonchev–Trinajstić information content (AvgIpc) is 2.91. The molecule has 0 saturated carbocycles. The van der Waals surface area contributed by atoms with Crippen LogP contribution in [-0.2, 0) is 4.79 Å². The topological polar surface area (TPSA) is 54.9 Å². The van der Waals surface area contributed by atoms with Crippen LogP contribution in [0.15, 0.2) is 46.9 Å². The lowest BCUT2D eigenvalue weighted by Crippen LogP contribution is -2.22. The van der Waals surface area contributed by atoms with Crippen LogP contribution < -0.4 is 5.32 Å². The quantitative estimate of drug-likeness (QED) is 0.706. The van der Waals surface area contributed by atoms with Crippen LogP contribution in [0, 0.1) is 0 Å².